The van der Waals surface area contributed by atoms with Gasteiger partial charge in [-0.15, -0.1) is 0 Å². The first kappa shape index (κ1) is 24.0. The number of piperazine rings is 1. The molecule has 0 atom stereocenters. The van der Waals surface area contributed by atoms with Crippen molar-refractivity contribution >= 4 is 67.7 Å². The number of rotatable bonds is 7. The van der Waals surface area contributed by atoms with Crippen LogP contribution in [0.1, 0.15) is 5.56 Å². The minimum absolute atomic E-state index is 0.00147. The number of anilines is 1. The van der Waals surface area contributed by atoms with E-state index in [4.69, 9.17) is 16.3 Å². The monoisotopic (exact) mass is 568 g/mol. The molecule has 2 radical (unpaired) electrons. The number of aromatic amines is 1. The van der Waals surface area contributed by atoms with Gasteiger partial charge in [-0.3, -0.25) is 0 Å². The Balaban J connectivity index is 1.22. The van der Waals surface area contributed by atoms with E-state index in [2.05, 4.69) is 53.8 Å². The predicted octanol–water partition coefficient (Wildman–Crippen LogP) is 2.82. The zero-order valence-electron chi connectivity index (χ0n) is 18.7. The summed E-state index contributed by atoms with van der Waals surface area (Å²) in [7, 11) is 0. The van der Waals surface area contributed by atoms with Crippen molar-refractivity contribution < 1.29 is 9.53 Å². The van der Waals surface area contributed by atoms with Crippen LogP contribution in [0.15, 0.2) is 59.8 Å². The van der Waals surface area contributed by atoms with E-state index in [1.807, 2.05) is 23.1 Å². The van der Waals surface area contributed by atoms with Crippen LogP contribution in [0.5, 0.6) is 5.75 Å². The molecule has 8 nitrogen and oxygen atoms in total. The van der Waals surface area contributed by atoms with E-state index < -0.39 is 0 Å². The molecule has 1 N–H and O–H groups in total. The molecule has 0 unspecified atom stereocenters. The average Bonchev–Trinajstić information content (AvgIpc) is 3.30. The van der Waals surface area contributed by atoms with Gasteiger partial charge in [0.25, 0.3) is 0 Å². The predicted molar refractivity (Wildman–Crippen MR) is 139 cm³/mol. The molecule has 1 aliphatic rings. The number of carbonyl (C=O) groups excluding carboxylic acids is 1. The van der Waals surface area contributed by atoms with E-state index in [1.165, 1.54) is 5.56 Å². The van der Waals surface area contributed by atoms with E-state index in [0.29, 0.717) is 47.2 Å². The Morgan fingerprint density at radius 1 is 1.03 bits per heavy atom. The molecule has 0 aliphatic carbocycles. The Kier molecular flexibility index (Phi) is 7.46. The van der Waals surface area contributed by atoms with E-state index in [-0.39, 0.29) is 12.5 Å². The number of halogens is 1. The summed E-state index contributed by atoms with van der Waals surface area (Å²) in [5, 5.41) is 1.44. The molecular formula is C24H22AsClN6O2S. The van der Waals surface area contributed by atoms with Gasteiger partial charge in [0.2, 0.25) is 0 Å². The molecular weight excluding hydrogens is 547 g/mol. The van der Waals surface area contributed by atoms with Crippen molar-refractivity contribution in [2.45, 2.75) is 10.9 Å². The van der Waals surface area contributed by atoms with Gasteiger partial charge >= 0.3 is 193 Å². The van der Waals surface area contributed by atoms with Crippen LogP contribution in [0.25, 0.3) is 11.2 Å². The molecule has 0 bridgehead atoms. The summed E-state index contributed by atoms with van der Waals surface area (Å²) >= 11 is 9.92. The first-order valence-corrected chi connectivity index (χ1v) is 13.4. The van der Waals surface area contributed by atoms with Crippen molar-refractivity contribution in [1.29, 1.82) is 0 Å². The van der Waals surface area contributed by atoms with Crippen LogP contribution < -0.4 is 14.2 Å². The van der Waals surface area contributed by atoms with Crippen LogP contribution >= 0.6 is 23.4 Å². The van der Waals surface area contributed by atoms with Crippen molar-refractivity contribution in [3.8, 4) is 5.75 Å². The topological polar surface area (TPSA) is 87.2 Å². The Labute approximate surface area is 220 Å². The van der Waals surface area contributed by atoms with Crippen molar-refractivity contribution in [3.05, 3.63) is 65.2 Å². The number of imidazole rings is 1. The van der Waals surface area contributed by atoms with Crippen molar-refractivity contribution in [3.63, 3.8) is 0 Å². The van der Waals surface area contributed by atoms with Gasteiger partial charge < -0.3 is 0 Å². The molecule has 0 spiro atoms. The van der Waals surface area contributed by atoms with Crippen molar-refractivity contribution in [2.24, 2.45) is 0 Å². The SMILES string of the molecule is O=C(COc1ccc(Cl)cc1)N1CCN(c2nc([As])nc3nc(SCc4ccccc4)[nH]c23)CC1. The molecule has 5 rings (SSSR count). The summed E-state index contributed by atoms with van der Waals surface area (Å²) in [4.78, 5) is 33.9. The molecule has 3 heterocycles. The van der Waals surface area contributed by atoms with Crippen LogP contribution in [0, 0.1) is 0 Å². The Bertz CT molecular complexity index is 1310. The number of aromatic nitrogens is 4. The number of nitrogens with zero attached hydrogens (tertiary/aromatic N) is 5. The second kappa shape index (κ2) is 10.9. The summed E-state index contributed by atoms with van der Waals surface area (Å²) in [6.07, 6.45) is 0. The third-order valence-electron chi connectivity index (χ3n) is 5.62. The summed E-state index contributed by atoms with van der Waals surface area (Å²) in [6, 6.07) is 17.3. The van der Waals surface area contributed by atoms with Gasteiger partial charge in [-0.2, -0.15) is 0 Å². The van der Waals surface area contributed by atoms with Gasteiger partial charge in [0, 0.05) is 5.02 Å². The summed E-state index contributed by atoms with van der Waals surface area (Å²) in [6.45, 7) is 2.50. The number of hydrogen-bond acceptors (Lipinski definition) is 7. The fourth-order valence-electron chi connectivity index (χ4n) is 3.81. The number of amides is 1. The van der Waals surface area contributed by atoms with E-state index in [0.717, 1.165) is 22.2 Å². The molecule has 1 fully saturated rings. The Hall–Kier alpha value is -2.74. The zero-order valence-corrected chi connectivity index (χ0v) is 22.2. The summed E-state index contributed by atoms with van der Waals surface area (Å²) in [5.74, 6) is 2.21. The molecule has 11 heteroatoms. The molecule has 1 amide bonds. The zero-order chi connectivity index (χ0) is 24.2. The second-order valence-electron chi connectivity index (χ2n) is 7.97. The maximum atomic E-state index is 12.6. The standard InChI is InChI=1S/C24H22AsClN6O2S/c25-23-28-21-20(27-24(29-21)35-15-16-4-2-1-3-5-16)22(30-23)32-12-10-31(11-13-32)19(33)14-34-18-8-6-17(26)7-9-18/h1-9H,10-15H2,(H,27,28,29,30). The number of nitrogens with one attached hydrogen (secondary N) is 1. The van der Waals surface area contributed by atoms with Gasteiger partial charge in [-0.1, -0.05) is 11.6 Å². The minimum atomic E-state index is -0.0404. The fraction of sp³-hybridized carbons (Fsp3) is 0.250. The van der Waals surface area contributed by atoms with Gasteiger partial charge in [-0.25, -0.2) is 0 Å². The maximum absolute atomic E-state index is 12.6. The van der Waals surface area contributed by atoms with Gasteiger partial charge in [0.05, 0.1) is 0 Å². The van der Waals surface area contributed by atoms with Crippen LogP contribution in [-0.2, 0) is 10.5 Å². The fourth-order valence-corrected chi connectivity index (χ4v) is 5.15. The third-order valence-corrected chi connectivity index (χ3v) is 7.24. The van der Waals surface area contributed by atoms with Crippen molar-refractivity contribution in [2.75, 3.05) is 37.7 Å². The Morgan fingerprint density at radius 3 is 2.51 bits per heavy atom. The number of thioether (sulfide) groups is 1. The molecule has 178 valence electrons. The van der Waals surface area contributed by atoms with Gasteiger partial charge in [0.15, 0.2) is 0 Å². The van der Waals surface area contributed by atoms with E-state index in [1.54, 1.807) is 36.0 Å². The molecule has 1 saturated heterocycles. The molecule has 2 aromatic heterocycles. The van der Waals surface area contributed by atoms with Gasteiger partial charge in [0.1, 0.15) is 0 Å². The third kappa shape index (κ3) is 5.92. The summed E-state index contributed by atoms with van der Waals surface area (Å²) in [5.41, 5.74) is 2.70. The normalized spacial score (nSPS) is 13.9. The van der Waals surface area contributed by atoms with E-state index >= 15 is 0 Å². The Morgan fingerprint density at radius 2 is 1.77 bits per heavy atom. The number of ether oxygens (including phenoxy) is 1. The van der Waals surface area contributed by atoms with Crippen LogP contribution in [0.3, 0.4) is 0 Å². The first-order chi connectivity index (χ1) is 17.0. The first-order valence-electron chi connectivity index (χ1n) is 11.1. The number of H-pyrrole nitrogens is 1. The molecule has 4 aromatic rings. The quantitative estimate of drug-likeness (QED) is 0.271. The van der Waals surface area contributed by atoms with Crippen LogP contribution in [-0.4, -0.2) is 80.4 Å². The number of carbonyl (C=O) groups is 1. The second-order valence-corrected chi connectivity index (χ2v) is 10.2. The molecule has 1 aliphatic heterocycles. The van der Waals surface area contributed by atoms with Gasteiger partial charge in [-0.05, 0) is 12.1 Å². The van der Waals surface area contributed by atoms with Crippen LogP contribution in [0.4, 0.5) is 5.82 Å². The number of fused-ring (bicyclic) bond motifs is 1. The molecule has 0 saturated carbocycles. The number of hydrogen-bond donors (Lipinski definition) is 1. The average molecular weight is 569 g/mol. The number of benzene rings is 2. The molecule has 35 heavy (non-hydrogen) atoms. The van der Waals surface area contributed by atoms with Crippen LogP contribution in [0.2, 0.25) is 5.02 Å². The molecule has 2 aromatic carbocycles. The van der Waals surface area contributed by atoms with Crippen molar-refractivity contribution in [1.82, 2.24) is 24.8 Å². The van der Waals surface area contributed by atoms with E-state index in [9.17, 15) is 4.79 Å². The summed E-state index contributed by atoms with van der Waals surface area (Å²) < 4.78 is 6.23.